The van der Waals surface area contributed by atoms with Crippen LogP contribution in [0.1, 0.15) is 42.7 Å². The third-order valence-electron chi connectivity index (χ3n) is 3.66. The van der Waals surface area contributed by atoms with Gasteiger partial charge in [0.05, 0.1) is 11.4 Å². The van der Waals surface area contributed by atoms with Gasteiger partial charge in [-0.2, -0.15) is 0 Å². The maximum Gasteiger partial charge on any atom is 0.183 e. The van der Waals surface area contributed by atoms with Crippen LogP contribution >= 0.6 is 0 Å². The van der Waals surface area contributed by atoms with Gasteiger partial charge in [0.25, 0.3) is 0 Å². The first kappa shape index (κ1) is 16.0. The Morgan fingerprint density at radius 2 is 1.83 bits per heavy atom. The molecule has 0 spiro atoms. The standard InChI is InChI=1S/C18H17FN4O/c1-11(2)17-18(23-10-14(19)6-9-16(23)20-17)22-21-15-7-4-13(5-8-15)12(3)24/h4-11H,1-3H3. The van der Waals surface area contributed by atoms with Crippen molar-refractivity contribution in [1.29, 1.82) is 0 Å². The Hall–Kier alpha value is -2.89. The highest BCUT2D eigenvalue weighted by molar-refractivity contribution is 5.94. The first-order valence-electron chi connectivity index (χ1n) is 7.66. The quantitative estimate of drug-likeness (QED) is 0.488. The number of Topliss-reactive ketones (excluding diaryl/α,β-unsaturated/α-hetero) is 1. The van der Waals surface area contributed by atoms with Gasteiger partial charge in [-0.15, -0.1) is 10.2 Å². The third-order valence-corrected chi connectivity index (χ3v) is 3.66. The van der Waals surface area contributed by atoms with Crippen LogP contribution in [0.25, 0.3) is 5.65 Å². The molecule has 3 aromatic rings. The predicted molar refractivity (Wildman–Crippen MR) is 89.9 cm³/mol. The molecule has 0 N–H and O–H groups in total. The third kappa shape index (κ3) is 3.08. The van der Waals surface area contributed by atoms with Crippen molar-refractivity contribution in [1.82, 2.24) is 9.38 Å². The van der Waals surface area contributed by atoms with Gasteiger partial charge in [-0.05, 0) is 49.2 Å². The van der Waals surface area contributed by atoms with Gasteiger partial charge in [0.2, 0.25) is 0 Å². The van der Waals surface area contributed by atoms with E-state index in [9.17, 15) is 9.18 Å². The van der Waals surface area contributed by atoms with Crippen molar-refractivity contribution >= 4 is 22.9 Å². The van der Waals surface area contributed by atoms with E-state index in [0.29, 0.717) is 22.7 Å². The molecule has 0 saturated heterocycles. The normalized spacial score (nSPS) is 11.7. The van der Waals surface area contributed by atoms with E-state index in [1.54, 1.807) is 34.7 Å². The fourth-order valence-electron chi connectivity index (χ4n) is 2.38. The summed E-state index contributed by atoms with van der Waals surface area (Å²) in [7, 11) is 0. The Balaban J connectivity index is 2.03. The van der Waals surface area contributed by atoms with Gasteiger partial charge in [0.15, 0.2) is 11.6 Å². The van der Waals surface area contributed by atoms with Gasteiger partial charge in [0.1, 0.15) is 11.5 Å². The predicted octanol–water partition coefficient (Wildman–Crippen LogP) is 5.21. The first-order chi connectivity index (χ1) is 11.5. The number of imidazole rings is 1. The number of carbonyl (C=O) groups excluding carboxylic acids is 1. The van der Waals surface area contributed by atoms with Crippen molar-refractivity contribution in [2.75, 3.05) is 0 Å². The van der Waals surface area contributed by atoms with E-state index in [2.05, 4.69) is 15.2 Å². The van der Waals surface area contributed by atoms with Crippen LogP contribution < -0.4 is 0 Å². The molecule has 122 valence electrons. The van der Waals surface area contributed by atoms with Gasteiger partial charge in [-0.1, -0.05) is 13.8 Å². The summed E-state index contributed by atoms with van der Waals surface area (Å²) in [4.78, 5) is 15.8. The van der Waals surface area contributed by atoms with Crippen LogP contribution in [0.5, 0.6) is 0 Å². The number of hydrogen-bond donors (Lipinski definition) is 0. The average molecular weight is 324 g/mol. The van der Waals surface area contributed by atoms with Crippen LogP contribution in [0.3, 0.4) is 0 Å². The zero-order valence-corrected chi connectivity index (χ0v) is 13.7. The lowest BCUT2D eigenvalue weighted by atomic mass is 10.1. The molecule has 0 atom stereocenters. The van der Waals surface area contributed by atoms with Gasteiger partial charge in [0, 0.05) is 11.8 Å². The second-order valence-electron chi connectivity index (χ2n) is 5.85. The Morgan fingerprint density at radius 1 is 1.12 bits per heavy atom. The van der Waals surface area contributed by atoms with Crippen LogP contribution in [-0.2, 0) is 0 Å². The highest BCUT2D eigenvalue weighted by atomic mass is 19.1. The molecule has 0 bridgehead atoms. The highest BCUT2D eigenvalue weighted by Gasteiger charge is 2.15. The van der Waals surface area contributed by atoms with Gasteiger partial charge >= 0.3 is 0 Å². The van der Waals surface area contributed by atoms with Crippen LogP contribution in [0.15, 0.2) is 52.8 Å². The summed E-state index contributed by atoms with van der Waals surface area (Å²) >= 11 is 0. The Morgan fingerprint density at radius 3 is 2.46 bits per heavy atom. The number of benzene rings is 1. The molecule has 1 aromatic carbocycles. The molecular weight excluding hydrogens is 307 g/mol. The molecule has 5 nitrogen and oxygen atoms in total. The molecule has 0 saturated carbocycles. The first-order valence-corrected chi connectivity index (χ1v) is 7.66. The number of carbonyl (C=O) groups is 1. The van der Waals surface area contributed by atoms with Crippen molar-refractivity contribution in [2.24, 2.45) is 10.2 Å². The molecule has 0 aliphatic rings. The van der Waals surface area contributed by atoms with Crippen LogP contribution in [0.4, 0.5) is 15.9 Å². The second-order valence-corrected chi connectivity index (χ2v) is 5.85. The minimum absolute atomic E-state index is 0.00200. The molecule has 24 heavy (non-hydrogen) atoms. The number of azo groups is 1. The number of pyridine rings is 1. The van der Waals surface area contributed by atoms with Gasteiger partial charge < -0.3 is 0 Å². The Bertz CT molecular complexity index is 926. The van der Waals surface area contributed by atoms with Crippen molar-refractivity contribution < 1.29 is 9.18 Å². The maximum atomic E-state index is 13.6. The van der Waals surface area contributed by atoms with E-state index in [1.165, 1.54) is 19.2 Å². The summed E-state index contributed by atoms with van der Waals surface area (Å²) < 4.78 is 15.2. The number of ketones is 1. The number of halogens is 1. The summed E-state index contributed by atoms with van der Waals surface area (Å²) in [5.74, 6) is 0.271. The van der Waals surface area contributed by atoms with E-state index in [4.69, 9.17) is 0 Å². The lowest BCUT2D eigenvalue weighted by Crippen LogP contribution is -1.89. The van der Waals surface area contributed by atoms with Gasteiger partial charge in [-0.3, -0.25) is 9.20 Å². The largest absolute Gasteiger partial charge is 0.295 e. The van der Waals surface area contributed by atoms with Crippen molar-refractivity contribution in [3.8, 4) is 0 Å². The average Bonchev–Trinajstić information content (AvgIpc) is 2.91. The summed E-state index contributed by atoms with van der Waals surface area (Å²) in [5, 5.41) is 8.48. The number of aromatic nitrogens is 2. The second kappa shape index (κ2) is 6.31. The lowest BCUT2D eigenvalue weighted by molar-refractivity contribution is 0.101. The number of hydrogen-bond acceptors (Lipinski definition) is 4. The fourth-order valence-corrected chi connectivity index (χ4v) is 2.38. The molecule has 0 aliphatic heterocycles. The van der Waals surface area contributed by atoms with Crippen LogP contribution in [0, 0.1) is 5.82 Å². The molecule has 0 amide bonds. The van der Waals surface area contributed by atoms with Crippen molar-refractivity contribution in [3.05, 3.63) is 59.7 Å². The van der Waals surface area contributed by atoms with E-state index < -0.39 is 0 Å². The zero-order valence-electron chi connectivity index (χ0n) is 13.7. The Kier molecular flexibility index (Phi) is 4.20. The molecule has 0 radical (unpaired) electrons. The summed E-state index contributed by atoms with van der Waals surface area (Å²) in [6, 6.07) is 9.83. The molecule has 0 aliphatic carbocycles. The molecule has 2 aromatic heterocycles. The zero-order chi connectivity index (χ0) is 17.3. The highest BCUT2D eigenvalue weighted by Crippen LogP contribution is 2.29. The molecule has 0 fully saturated rings. The Labute approximate surface area is 138 Å². The molecule has 3 rings (SSSR count). The van der Waals surface area contributed by atoms with E-state index in [-0.39, 0.29) is 17.5 Å². The topological polar surface area (TPSA) is 59.1 Å². The van der Waals surface area contributed by atoms with E-state index in [0.717, 1.165) is 5.69 Å². The molecule has 6 heteroatoms. The van der Waals surface area contributed by atoms with E-state index in [1.807, 2.05) is 13.8 Å². The van der Waals surface area contributed by atoms with E-state index >= 15 is 0 Å². The van der Waals surface area contributed by atoms with Gasteiger partial charge in [-0.25, -0.2) is 9.37 Å². The molecular formula is C18H17FN4O. The molecule has 0 unspecified atom stereocenters. The minimum atomic E-state index is -0.363. The van der Waals surface area contributed by atoms with Crippen LogP contribution in [0.2, 0.25) is 0 Å². The monoisotopic (exact) mass is 324 g/mol. The van der Waals surface area contributed by atoms with Crippen LogP contribution in [-0.4, -0.2) is 15.2 Å². The summed E-state index contributed by atoms with van der Waals surface area (Å²) in [6.45, 7) is 5.51. The number of fused-ring (bicyclic) bond motifs is 1. The number of nitrogens with zero attached hydrogens (tertiary/aromatic N) is 4. The summed E-state index contributed by atoms with van der Waals surface area (Å²) in [5.41, 5.74) is 2.61. The smallest absolute Gasteiger partial charge is 0.183 e. The summed E-state index contributed by atoms with van der Waals surface area (Å²) in [6.07, 6.45) is 1.35. The maximum absolute atomic E-state index is 13.6. The van der Waals surface area contributed by atoms with Crippen molar-refractivity contribution in [2.45, 2.75) is 26.7 Å². The minimum Gasteiger partial charge on any atom is -0.295 e. The lowest BCUT2D eigenvalue weighted by Gasteiger charge is -2.02. The fraction of sp³-hybridized carbons (Fsp3) is 0.222. The SMILES string of the molecule is CC(=O)c1ccc(N=Nc2c(C(C)C)nc3ccc(F)cn23)cc1. The molecule has 2 heterocycles. The number of rotatable bonds is 4. The van der Waals surface area contributed by atoms with Crippen molar-refractivity contribution in [3.63, 3.8) is 0 Å².